The van der Waals surface area contributed by atoms with E-state index in [1.807, 2.05) is 70.2 Å². The van der Waals surface area contributed by atoms with Crippen LogP contribution >= 0.6 is 11.6 Å². The van der Waals surface area contributed by atoms with Gasteiger partial charge in [0.2, 0.25) is 11.8 Å². The van der Waals surface area contributed by atoms with Gasteiger partial charge in [-0.05, 0) is 76.5 Å². The Morgan fingerprint density at radius 3 is 2.49 bits per heavy atom. The minimum atomic E-state index is -0.220. The number of carbonyl (C=O) groups excluding carboxylic acids is 2. The lowest BCUT2D eigenvalue weighted by atomic mass is 9.81. The Morgan fingerprint density at radius 1 is 1.18 bits per heavy atom. The molecule has 1 amide bonds. The second kappa shape index (κ2) is 20.2. The van der Waals surface area contributed by atoms with Gasteiger partial charge < -0.3 is 30.3 Å². The molecule has 0 bridgehead atoms. The maximum Gasteiger partial charge on any atom is 0.244 e. The average molecular weight is 641 g/mol. The van der Waals surface area contributed by atoms with Crippen LogP contribution in [0.25, 0.3) is 0 Å². The van der Waals surface area contributed by atoms with Crippen molar-refractivity contribution in [2.45, 2.75) is 39.5 Å². The summed E-state index contributed by atoms with van der Waals surface area (Å²) in [5.41, 5.74) is 2.76. The number of anilines is 1. The topological polar surface area (TPSA) is 117 Å². The Balaban J connectivity index is 0.000000761. The van der Waals surface area contributed by atoms with Crippen LogP contribution in [0.4, 0.5) is 5.69 Å². The lowest BCUT2D eigenvalue weighted by molar-refractivity contribution is -0.126. The van der Waals surface area contributed by atoms with Crippen molar-refractivity contribution in [1.82, 2.24) is 15.5 Å². The molecule has 0 saturated heterocycles. The van der Waals surface area contributed by atoms with Gasteiger partial charge in [-0.3, -0.25) is 9.59 Å². The number of benzene rings is 2. The monoisotopic (exact) mass is 640 g/mol. The second-order valence-electron chi connectivity index (χ2n) is 11.1. The van der Waals surface area contributed by atoms with E-state index in [0.717, 1.165) is 37.2 Å². The highest BCUT2D eigenvalue weighted by Crippen LogP contribution is 2.31. The van der Waals surface area contributed by atoms with E-state index >= 15 is 0 Å². The van der Waals surface area contributed by atoms with E-state index in [1.54, 1.807) is 25.2 Å². The number of allylic oxidation sites excluding steroid dienone is 1. The highest BCUT2D eigenvalue weighted by Gasteiger charge is 2.29. The predicted octanol–water partition coefficient (Wildman–Crippen LogP) is 5.60. The summed E-state index contributed by atoms with van der Waals surface area (Å²) in [4.78, 5) is 27.0. The van der Waals surface area contributed by atoms with Crippen molar-refractivity contribution in [3.8, 4) is 5.75 Å². The van der Waals surface area contributed by atoms with Crippen molar-refractivity contribution in [3.05, 3.63) is 70.5 Å². The summed E-state index contributed by atoms with van der Waals surface area (Å²) in [6.45, 7) is 8.94. The van der Waals surface area contributed by atoms with Crippen LogP contribution in [0.15, 0.2) is 70.1 Å². The van der Waals surface area contributed by atoms with Gasteiger partial charge in [0, 0.05) is 55.6 Å². The molecule has 2 aromatic carbocycles. The maximum atomic E-state index is 13.1. The number of ether oxygens (including phenoxy) is 2. The smallest absolute Gasteiger partial charge is 0.244 e. The SMILES string of the molecule is C=N/N=C(\OCC1CCCC(C(=O)N/C(C=O)=C(/NC)[C@@H](C)CN(C)C)C1)c1cc(Cl)ccc1OCC.CNc1ccccc1. The van der Waals surface area contributed by atoms with Gasteiger partial charge in [0.1, 0.15) is 11.4 Å². The largest absolute Gasteiger partial charge is 0.493 e. The number of hydrogen-bond donors (Lipinski definition) is 3. The maximum absolute atomic E-state index is 13.1. The summed E-state index contributed by atoms with van der Waals surface area (Å²) in [6, 6.07) is 15.3. The lowest BCUT2D eigenvalue weighted by Crippen LogP contribution is -2.37. The standard InChI is InChI=1S/C27H40ClN5O4.C7H9N/c1-7-36-24-12-11-21(28)14-22(24)27(32-30-4)37-17-19-9-8-10-20(13-19)26(35)31-23(16-34)25(29-3)18(2)15-33(5)6;1-8-7-5-3-2-4-6-7/h11-12,14,16,18-20,29H,4,7-10,13,15,17H2,1-3,5-6H3,(H,31,35);2-6,8H,1H3/b25-23+,32-27-;/t18-,19?,20?;/m0./s1. The van der Waals surface area contributed by atoms with Gasteiger partial charge in [-0.1, -0.05) is 43.1 Å². The van der Waals surface area contributed by atoms with E-state index in [4.69, 9.17) is 21.1 Å². The third-order valence-corrected chi connectivity index (χ3v) is 7.61. The number of nitrogens with one attached hydrogen (secondary N) is 3. The van der Waals surface area contributed by atoms with E-state index in [-0.39, 0.29) is 35.3 Å². The Hall–Kier alpha value is -3.89. The molecule has 3 rings (SSSR count). The molecule has 1 fully saturated rings. The normalized spacial score (nSPS) is 17.6. The minimum Gasteiger partial charge on any atom is -0.493 e. The molecule has 246 valence electrons. The van der Waals surface area contributed by atoms with Crippen LogP contribution in [0.2, 0.25) is 5.02 Å². The third-order valence-electron chi connectivity index (χ3n) is 7.37. The van der Waals surface area contributed by atoms with Crippen LogP contribution in [0.1, 0.15) is 45.1 Å². The van der Waals surface area contributed by atoms with Crippen LogP contribution in [0, 0.1) is 17.8 Å². The zero-order chi connectivity index (χ0) is 33.2. The summed E-state index contributed by atoms with van der Waals surface area (Å²) in [5, 5.41) is 17.2. The highest BCUT2D eigenvalue weighted by atomic mass is 35.5. The predicted molar refractivity (Wildman–Crippen MR) is 184 cm³/mol. The number of hydrogen-bond acceptors (Lipinski definition) is 9. The quantitative estimate of drug-likeness (QED) is 0.0810. The molecule has 3 atom stereocenters. The molecule has 0 aliphatic heterocycles. The fraction of sp³-hybridized carbons (Fsp3) is 0.471. The zero-order valence-electron chi connectivity index (χ0n) is 27.4. The molecule has 0 heterocycles. The average Bonchev–Trinajstić information content (AvgIpc) is 3.04. The van der Waals surface area contributed by atoms with E-state index in [2.05, 4.69) is 32.9 Å². The van der Waals surface area contributed by atoms with Gasteiger partial charge in [0.15, 0.2) is 6.29 Å². The Morgan fingerprint density at radius 2 is 1.91 bits per heavy atom. The van der Waals surface area contributed by atoms with Crippen molar-refractivity contribution in [1.29, 1.82) is 0 Å². The fourth-order valence-corrected chi connectivity index (χ4v) is 5.51. The number of para-hydroxylation sites is 1. The van der Waals surface area contributed by atoms with Crippen molar-refractivity contribution < 1.29 is 19.1 Å². The van der Waals surface area contributed by atoms with Gasteiger partial charge in [-0.2, -0.15) is 5.10 Å². The molecule has 3 N–H and O–H groups in total. The van der Waals surface area contributed by atoms with Gasteiger partial charge in [0.05, 0.1) is 18.8 Å². The molecule has 1 aliphatic carbocycles. The fourth-order valence-electron chi connectivity index (χ4n) is 5.34. The Labute approximate surface area is 273 Å². The molecule has 0 aromatic heterocycles. The summed E-state index contributed by atoms with van der Waals surface area (Å²) in [5.74, 6) is 0.681. The first-order valence-electron chi connectivity index (χ1n) is 15.3. The van der Waals surface area contributed by atoms with Gasteiger partial charge >= 0.3 is 0 Å². The van der Waals surface area contributed by atoms with Crippen LogP contribution in [-0.4, -0.2) is 77.7 Å². The van der Waals surface area contributed by atoms with Gasteiger partial charge in [0.25, 0.3) is 0 Å². The first-order valence-corrected chi connectivity index (χ1v) is 15.7. The van der Waals surface area contributed by atoms with E-state index in [1.165, 1.54) is 0 Å². The van der Waals surface area contributed by atoms with Gasteiger partial charge in [-0.25, -0.2) is 0 Å². The molecule has 0 radical (unpaired) electrons. The van der Waals surface area contributed by atoms with Crippen LogP contribution in [0.3, 0.4) is 0 Å². The molecule has 1 saturated carbocycles. The van der Waals surface area contributed by atoms with Crippen molar-refractivity contribution >= 4 is 42.1 Å². The van der Waals surface area contributed by atoms with Crippen LogP contribution in [-0.2, 0) is 14.3 Å². The summed E-state index contributed by atoms with van der Waals surface area (Å²) in [7, 11) is 7.62. The molecular formula is C34H49ClN6O4. The molecule has 2 aromatic rings. The van der Waals surface area contributed by atoms with E-state index in [9.17, 15) is 9.59 Å². The number of carbonyl (C=O) groups is 2. The van der Waals surface area contributed by atoms with Crippen molar-refractivity contribution in [3.63, 3.8) is 0 Å². The number of rotatable bonds is 14. The lowest BCUT2D eigenvalue weighted by Gasteiger charge is -2.29. The summed E-state index contributed by atoms with van der Waals surface area (Å²) >= 11 is 6.20. The van der Waals surface area contributed by atoms with Crippen molar-refractivity contribution in [2.24, 2.45) is 28.0 Å². The number of aldehydes is 1. The van der Waals surface area contributed by atoms with E-state index in [0.29, 0.717) is 42.3 Å². The second-order valence-corrected chi connectivity index (χ2v) is 11.6. The van der Waals surface area contributed by atoms with E-state index < -0.39 is 0 Å². The highest BCUT2D eigenvalue weighted by molar-refractivity contribution is 6.31. The van der Waals surface area contributed by atoms with Gasteiger partial charge in [-0.15, -0.1) is 5.10 Å². The molecule has 0 spiro atoms. The van der Waals surface area contributed by atoms with Crippen LogP contribution < -0.4 is 20.7 Å². The third kappa shape index (κ3) is 12.6. The molecule has 45 heavy (non-hydrogen) atoms. The molecular weight excluding hydrogens is 592 g/mol. The number of amides is 1. The molecule has 2 unspecified atom stereocenters. The van der Waals surface area contributed by atoms with Crippen molar-refractivity contribution in [2.75, 3.05) is 53.3 Å². The minimum absolute atomic E-state index is 0.0530. The summed E-state index contributed by atoms with van der Waals surface area (Å²) in [6.07, 6.45) is 3.92. The number of halogens is 1. The molecule has 1 aliphatic rings. The first-order chi connectivity index (χ1) is 21.7. The summed E-state index contributed by atoms with van der Waals surface area (Å²) < 4.78 is 11.8. The zero-order valence-corrected chi connectivity index (χ0v) is 28.2. The first kappa shape index (κ1) is 37.3. The van der Waals surface area contributed by atoms with Crippen LogP contribution in [0.5, 0.6) is 5.75 Å². The Bertz CT molecular complexity index is 1280. The molecule has 11 heteroatoms. The molecule has 10 nitrogen and oxygen atoms in total. The Kier molecular flexibility index (Phi) is 16.7. The number of nitrogens with zero attached hydrogens (tertiary/aromatic N) is 3.